The molecule has 0 radical (unpaired) electrons. The zero-order valence-corrected chi connectivity index (χ0v) is 12.5. The van der Waals surface area contributed by atoms with Gasteiger partial charge in [-0.15, -0.1) is 0 Å². The monoisotopic (exact) mass is 320 g/mol. The van der Waals surface area contributed by atoms with E-state index in [-0.39, 0.29) is 23.5 Å². The number of rotatable bonds is 5. The molecule has 1 N–H and O–H groups in total. The third-order valence-electron chi connectivity index (χ3n) is 2.78. The van der Waals surface area contributed by atoms with Crippen LogP contribution in [0.3, 0.4) is 0 Å². The predicted molar refractivity (Wildman–Crippen MR) is 80.9 cm³/mol. The van der Waals surface area contributed by atoms with E-state index in [4.69, 9.17) is 26.2 Å². The molecule has 0 aliphatic carbocycles. The molecule has 0 bridgehead atoms. The summed E-state index contributed by atoms with van der Waals surface area (Å²) in [6, 6.07) is 10.6. The molecular formula is C16H13ClO5. The molecule has 0 aromatic heterocycles. The summed E-state index contributed by atoms with van der Waals surface area (Å²) in [7, 11) is 0. The number of carboxylic acid groups (broad SMARTS) is 1. The molecule has 0 amide bonds. The SMILES string of the molecule is CCOC(=O)c1ccc(C(=O)O)cc1Oc1ccccc1Cl. The standard InChI is InChI=1S/C16H13ClO5/c1-2-21-16(20)11-8-7-10(15(18)19)9-14(11)22-13-6-4-3-5-12(13)17/h3-9H,2H2,1H3,(H,18,19). The summed E-state index contributed by atoms with van der Waals surface area (Å²) in [5.74, 6) is -1.33. The fourth-order valence-electron chi connectivity index (χ4n) is 1.76. The van der Waals surface area contributed by atoms with Gasteiger partial charge in [0.2, 0.25) is 0 Å². The smallest absolute Gasteiger partial charge is 0.341 e. The number of carboxylic acids is 1. The Hall–Kier alpha value is -2.53. The number of halogens is 1. The third-order valence-corrected chi connectivity index (χ3v) is 3.09. The van der Waals surface area contributed by atoms with Crippen molar-refractivity contribution >= 4 is 23.5 Å². The van der Waals surface area contributed by atoms with E-state index in [2.05, 4.69) is 0 Å². The summed E-state index contributed by atoms with van der Waals surface area (Å²) < 4.78 is 10.5. The van der Waals surface area contributed by atoms with Gasteiger partial charge in [0.05, 0.1) is 17.2 Å². The summed E-state index contributed by atoms with van der Waals surface area (Å²) in [4.78, 5) is 23.0. The van der Waals surface area contributed by atoms with Crippen molar-refractivity contribution in [3.63, 3.8) is 0 Å². The van der Waals surface area contributed by atoms with Gasteiger partial charge in [0.25, 0.3) is 0 Å². The van der Waals surface area contributed by atoms with Gasteiger partial charge in [-0.1, -0.05) is 23.7 Å². The van der Waals surface area contributed by atoms with E-state index >= 15 is 0 Å². The Morgan fingerprint density at radius 1 is 1.14 bits per heavy atom. The predicted octanol–water partition coefficient (Wildman–Crippen LogP) is 4.01. The number of carbonyl (C=O) groups is 2. The van der Waals surface area contributed by atoms with Crippen molar-refractivity contribution in [2.45, 2.75) is 6.92 Å². The van der Waals surface area contributed by atoms with Gasteiger partial charge in [-0.25, -0.2) is 9.59 Å². The zero-order chi connectivity index (χ0) is 16.1. The molecule has 2 aromatic rings. The van der Waals surface area contributed by atoms with Gasteiger partial charge in [-0.3, -0.25) is 0 Å². The number of benzene rings is 2. The molecule has 0 saturated heterocycles. The summed E-state index contributed by atoms with van der Waals surface area (Å²) in [6.07, 6.45) is 0. The Bertz CT molecular complexity index is 711. The summed E-state index contributed by atoms with van der Waals surface area (Å²) in [5.41, 5.74) is 0.127. The molecule has 0 saturated carbocycles. The van der Waals surface area contributed by atoms with Crippen LogP contribution in [0.1, 0.15) is 27.6 Å². The molecule has 0 aliphatic rings. The lowest BCUT2D eigenvalue weighted by atomic mass is 10.1. The first kappa shape index (κ1) is 15.9. The highest BCUT2D eigenvalue weighted by molar-refractivity contribution is 6.32. The van der Waals surface area contributed by atoms with E-state index in [1.54, 1.807) is 31.2 Å². The largest absolute Gasteiger partial charge is 0.478 e. The first-order valence-electron chi connectivity index (χ1n) is 6.49. The van der Waals surface area contributed by atoms with Crippen LogP contribution >= 0.6 is 11.6 Å². The second-order valence-electron chi connectivity index (χ2n) is 4.27. The lowest BCUT2D eigenvalue weighted by Crippen LogP contribution is -2.08. The number of para-hydroxylation sites is 1. The first-order valence-corrected chi connectivity index (χ1v) is 6.87. The van der Waals surface area contributed by atoms with E-state index in [0.29, 0.717) is 10.8 Å². The van der Waals surface area contributed by atoms with Crippen molar-refractivity contribution in [3.05, 3.63) is 58.6 Å². The van der Waals surface area contributed by atoms with Crippen LogP contribution in [-0.2, 0) is 4.74 Å². The van der Waals surface area contributed by atoms with E-state index < -0.39 is 11.9 Å². The minimum atomic E-state index is -1.13. The molecule has 0 spiro atoms. The Kier molecular flexibility index (Phi) is 5.01. The maximum atomic E-state index is 11.9. The van der Waals surface area contributed by atoms with Crippen LogP contribution in [0.15, 0.2) is 42.5 Å². The molecule has 2 aromatic carbocycles. The normalized spacial score (nSPS) is 10.1. The third kappa shape index (κ3) is 3.56. The number of hydrogen-bond acceptors (Lipinski definition) is 4. The second kappa shape index (κ2) is 6.95. The van der Waals surface area contributed by atoms with E-state index in [9.17, 15) is 9.59 Å². The fraction of sp³-hybridized carbons (Fsp3) is 0.125. The fourth-order valence-corrected chi connectivity index (χ4v) is 1.94. The number of hydrogen-bond donors (Lipinski definition) is 1. The number of ether oxygens (including phenoxy) is 2. The molecule has 0 fully saturated rings. The Morgan fingerprint density at radius 2 is 1.86 bits per heavy atom. The van der Waals surface area contributed by atoms with Crippen molar-refractivity contribution in [2.75, 3.05) is 6.61 Å². The van der Waals surface area contributed by atoms with Crippen molar-refractivity contribution in [1.29, 1.82) is 0 Å². The lowest BCUT2D eigenvalue weighted by Gasteiger charge is -2.12. The summed E-state index contributed by atoms with van der Waals surface area (Å²) in [6.45, 7) is 1.88. The van der Waals surface area contributed by atoms with Crippen LogP contribution in [0, 0.1) is 0 Å². The molecule has 114 valence electrons. The van der Waals surface area contributed by atoms with Gasteiger partial charge in [-0.05, 0) is 37.3 Å². The number of aromatic carboxylic acids is 1. The van der Waals surface area contributed by atoms with Crippen LogP contribution in [-0.4, -0.2) is 23.7 Å². The van der Waals surface area contributed by atoms with Crippen LogP contribution in [0.2, 0.25) is 5.02 Å². The molecule has 6 heteroatoms. The number of carbonyl (C=O) groups excluding carboxylic acids is 1. The van der Waals surface area contributed by atoms with Gasteiger partial charge < -0.3 is 14.6 Å². The Labute approximate surface area is 132 Å². The maximum absolute atomic E-state index is 11.9. The van der Waals surface area contributed by atoms with Crippen LogP contribution in [0.25, 0.3) is 0 Å². The number of esters is 1. The van der Waals surface area contributed by atoms with Crippen LogP contribution in [0.5, 0.6) is 11.5 Å². The molecule has 0 aliphatic heterocycles. The second-order valence-corrected chi connectivity index (χ2v) is 4.68. The van der Waals surface area contributed by atoms with Crippen molar-refractivity contribution in [3.8, 4) is 11.5 Å². The van der Waals surface area contributed by atoms with Crippen molar-refractivity contribution in [1.82, 2.24) is 0 Å². The molecule has 22 heavy (non-hydrogen) atoms. The highest BCUT2D eigenvalue weighted by Gasteiger charge is 2.18. The topological polar surface area (TPSA) is 72.8 Å². The average molecular weight is 321 g/mol. The highest BCUT2D eigenvalue weighted by atomic mass is 35.5. The molecule has 0 atom stereocenters. The molecule has 0 unspecified atom stereocenters. The minimum Gasteiger partial charge on any atom is -0.478 e. The Morgan fingerprint density at radius 3 is 2.50 bits per heavy atom. The molecule has 5 nitrogen and oxygen atoms in total. The zero-order valence-electron chi connectivity index (χ0n) is 11.7. The average Bonchev–Trinajstić information content (AvgIpc) is 2.49. The van der Waals surface area contributed by atoms with Gasteiger partial charge in [0.1, 0.15) is 17.1 Å². The van der Waals surface area contributed by atoms with Crippen LogP contribution < -0.4 is 4.74 Å². The minimum absolute atomic E-state index is 0.00454. The van der Waals surface area contributed by atoms with Crippen molar-refractivity contribution in [2.24, 2.45) is 0 Å². The quantitative estimate of drug-likeness (QED) is 0.843. The highest BCUT2D eigenvalue weighted by Crippen LogP contribution is 2.32. The molecule has 0 heterocycles. The van der Waals surface area contributed by atoms with Crippen LogP contribution in [0.4, 0.5) is 0 Å². The van der Waals surface area contributed by atoms with Gasteiger partial charge in [0, 0.05) is 0 Å². The van der Waals surface area contributed by atoms with E-state index in [1.807, 2.05) is 0 Å². The molecule has 2 rings (SSSR count). The van der Waals surface area contributed by atoms with Gasteiger partial charge >= 0.3 is 11.9 Å². The van der Waals surface area contributed by atoms with Gasteiger partial charge in [0.15, 0.2) is 0 Å². The lowest BCUT2D eigenvalue weighted by molar-refractivity contribution is 0.0522. The molecular weight excluding hydrogens is 308 g/mol. The van der Waals surface area contributed by atoms with Crippen molar-refractivity contribution < 1.29 is 24.2 Å². The first-order chi connectivity index (χ1) is 10.5. The van der Waals surface area contributed by atoms with Gasteiger partial charge in [-0.2, -0.15) is 0 Å². The Balaban J connectivity index is 2.45. The van der Waals surface area contributed by atoms with E-state index in [0.717, 1.165) is 0 Å². The summed E-state index contributed by atoms with van der Waals surface area (Å²) in [5, 5.41) is 9.41. The van der Waals surface area contributed by atoms with E-state index in [1.165, 1.54) is 18.2 Å². The maximum Gasteiger partial charge on any atom is 0.341 e. The summed E-state index contributed by atoms with van der Waals surface area (Å²) >= 11 is 6.01.